The van der Waals surface area contributed by atoms with Gasteiger partial charge in [-0.25, -0.2) is 9.78 Å². The number of hydrogen-bond acceptors (Lipinski definition) is 5. The molecule has 2 fully saturated rings. The summed E-state index contributed by atoms with van der Waals surface area (Å²) in [4.78, 5) is 42.8. The summed E-state index contributed by atoms with van der Waals surface area (Å²) in [5.41, 5.74) is 4.63. The quantitative estimate of drug-likeness (QED) is 0.436. The number of amides is 4. The average molecular weight is 484 g/mol. The number of imidazole rings is 1. The number of benzene rings is 1. The minimum atomic E-state index is -1.06. The summed E-state index contributed by atoms with van der Waals surface area (Å²) in [5, 5.41) is 4.38. The van der Waals surface area contributed by atoms with Crippen LogP contribution in [0.2, 0.25) is 0 Å². The molecule has 8 nitrogen and oxygen atoms in total. The van der Waals surface area contributed by atoms with E-state index in [0.717, 1.165) is 40.0 Å². The van der Waals surface area contributed by atoms with Crippen LogP contribution in [0.5, 0.6) is 0 Å². The molecule has 1 aromatic carbocycles. The first kappa shape index (κ1) is 24.3. The number of carbonyl (C=O) groups is 3. The third-order valence-corrected chi connectivity index (χ3v) is 7.83. The van der Waals surface area contributed by atoms with Crippen molar-refractivity contribution in [3.05, 3.63) is 47.3 Å². The third kappa shape index (κ3) is 5.14. The summed E-state index contributed by atoms with van der Waals surface area (Å²) in [5.74, 6) is -0.781. The highest BCUT2D eigenvalue weighted by Gasteiger charge is 2.48. The molecule has 0 radical (unpaired) electrons. The number of carbonyl (C=O) groups excluding carboxylic acids is 3. The lowest BCUT2D eigenvalue weighted by Crippen LogP contribution is -2.49. The fourth-order valence-corrected chi connectivity index (χ4v) is 5.70. The monoisotopic (exact) mass is 483 g/mol. The largest absolute Gasteiger partial charge is 0.344 e. The maximum Gasteiger partial charge on any atom is 0.344 e. The molecule has 2 aliphatic rings. The highest BCUT2D eigenvalue weighted by Crippen LogP contribution is 2.34. The van der Waals surface area contributed by atoms with E-state index in [-0.39, 0.29) is 5.75 Å². The molecule has 1 saturated heterocycles. The lowest BCUT2D eigenvalue weighted by atomic mass is 9.93. The molecule has 0 unspecified atom stereocenters. The Morgan fingerprint density at radius 3 is 2.59 bits per heavy atom. The van der Waals surface area contributed by atoms with Crippen molar-refractivity contribution in [2.45, 2.75) is 82.5 Å². The van der Waals surface area contributed by atoms with Gasteiger partial charge in [-0.2, -0.15) is 5.01 Å². The van der Waals surface area contributed by atoms with E-state index < -0.39 is 23.4 Å². The molecule has 9 heteroatoms. The maximum atomic E-state index is 13.0. The molecule has 34 heavy (non-hydrogen) atoms. The second-order valence-corrected chi connectivity index (χ2v) is 10.4. The van der Waals surface area contributed by atoms with Crippen LogP contribution in [0.4, 0.5) is 4.79 Å². The average Bonchev–Trinajstić information content (AvgIpc) is 3.24. The van der Waals surface area contributed by atoms with Crippen molar-refractivity contribution >= 4 is 29.6 Å². The van der Waals surface area contributed by atoms with E-state index in [1.165, 1.54) is 31.0 Å². The van der Waals surface area contributed by atoms with E-state index in [1.807, 2.05) is 37.3 Å². The van der Waals surface area contributed by atoms with Crippen LogP contribution < -0.4 is 10.7 Å². The van der Waals surface area contributed by atoms with Gasteiger partial charge in [0.15, 0.2) is 5.16 Å². The van der Waals surface area contributed by atoms with Crippen molar-refractivity contribution in [2.75, 3.05) is 5.75 Å². The van der Waals surface area contributed by atoms with E-state index in [9.17, 15) is 14.4 Å². The molecule has 2 N–H and O–H groups in total. The smallest absolute Gasteiger partial charge is 0.322 e. The first-order valence-electron chi connectivity index (χ1n) is 12.0. The molecule has 1 aromatic heterocycles. The molecule has 182 valence electrons. The van der Waals surface area contributed by atoms with Crippen molar-refractivity contribution in [1.82, 2.24) is 25.3 Å². The zero-order valence-corrected chi connectivity index (χ0v) is 20.9. The Morgan fingerprint density at radius 1 is 1.18 bits per heavy atom. The van der Waals surface area contributed by atoms with Crippen LogP contribution in [0, 0.1) is 13.8 Å². The Balaban J connectivity index is 1.36. The Bertz CT molecular complexity index is 1060. The van der Waals surface area contributed by atoms with Crippen molar-refractivity contribution in [1.29, 1.82) is 0 Å². The zero-order valence-electron chi connectivity index (χ0n) is 20.1. The van der Waals surface area contributed by atoms with Crippen molar-refractivity contribution < 1.29 is 14.4 Å². The van der Waals surface area contributed by atoms with Crippen LogP contribution >= 0.6 is 11.8 Å². The second kappa shape index (κ2) is 10.2. The Hall–Kier alpha value is -2.81. The first-order chi connectivity index (χ1) is 16.3. The fourth-order valence-electron chi connectivity index (χ4n) is 4.75. The number of imide groups is 1. The van der Waals surface area contributed by atoms with Crippen LogP contribution in [0.1, 0.15) is 68.4 Å². The van der Waals surface area contributed by atoms with E-state index in [0.29, 0.717) is 18.9 Å². The van der Waals surface area contributed by atoms with Gasteiger partial charge < -0.3 is 9.88 Å². The molecule has 1 atom stereocenters. The van der Waals surface area contributed by atoms with E-state index in [4.69, 9.17) is 0 Å². The summed E-state index contributed by atoms with van der Waals surface area (Å²) in [7, 11) is 0. The van der Waals surface area contributed by atoms with Crippen LogP contribution in [-0.2, 0) is 16.0 Å². The number of nitrogens with one attached hydrogen (secondary N) is 2. The minimum Gasteiger partial charge on any atom is -0.322 e. The van der Waals surface area contributed by atoms with Crippen LogP contribution in [0.25, 0.3) is 0 Å². The summed E-state index contributed by atoms with van der Waals surface area (Å²) in [6, 6.07) is 9.61. The number of thioether (sulfide) groups is 1. The van der Waals surface area contributed by atoms with E-state index in [1.54, 1.807) is 6.92 Å². The predicted molar refractivity (Wildman–Crippen MR) is 131 cm³/mol. The molecule has 2 heterocycles. The van der Waals surface area contributed by atoms with Crippen LogP contribution in [0.15, 0.2) is 35.5 Å². The summed E-state index contributed by atoms with van der Waals surface area (Å²) in [6.45, 7) is 5.76. The standard InChI is InChI=1S/C25H33N5O3S/c1-17-18(2)29(20-12-8-5-9-13-20)24(26-17)34-16-21(31)28-30-22(32)25(3,27-23(30)33)15-14-19-10-6-4-7-11-19/h4,6-7,10-11,20H,5,8-9,12-16H2,1-3H3,(H,27,33)(H,28,31)/t25-/m0/s1. The summed E-state index contributed by atoms with van der Waals surface area (Å²) in [6.07, 6.45) is 7.02. The van der Waals surface area contributed by atoms with Crippen LogP contribution in [-0.4, -0.2) is 43.7 Å². The Morgan fingerprint density at radius 2 is 1.88 bits per heavy atom. The van der Waals surface area contributed by atoms with Crippen molar-refractivity contribution in [3.8, 4) is 0 Å². The molecular weight excluding hydrogens is 450 g/mol. The lowest BCUT2D eigenvalue weighted by Gasteiger charge is -2.26. The number of hydrazine groups is 1. The summed E-state index contributed by atoms with van der Waals surface area (Å²) < 4.78 is 2.26. The van der Waals surface area contributed by atoms with Gasteiger partial charge in [-0.15, -0.1) is 0 Å². The SMILES string of the molecule is Cc1nc(SCC(=O)NN2C(=O)N[C@@](C)(CCc3ccccc3)C2=O)n(C2CCCCC2)c1C. The Labute approximate surface area is 204 Å². The number of nitrogens with zero attached hydrogens (tertiary/aromatic N) is 3. The predicted octanol–water partition coefficient (Wildman–Crippen LogP) is 4.07. The molecule has 1 aliphatic carbocycles. The van der Waals surface area contributed by atoms with Gasteiger partial charge in [0.2, 0.25) is 5.91 Å². The lowest BCUT2D eigenvalue weighted by molar-refractivity contribution is -0.138. The fraction of sp³-hybridized carbons (Fsp3) is 0.520. The molecule has 0 bridgehead atoms. The number of hydrogen-bond donors (Lipinski definition) is 2. The van der Waals surface area contributed by atoms with Gasteiger partial charge in [-0.1, -0.05) is 61.4 Å². The number of aryl methyl sites for hydroxylation is 2. The van der Waals surface area contributed by atoms with Gasteiger partial charge in [0, 0.05) is 11.7 Å². The molecule has 4 rings (SSSR count). The number of urea groups is 1. The van der Waals surface area contributed by atoms with E-state index >= 15 is 0 Å². The minimum absolute atomic E-state index is 0.0698. The van der Waals surface area contributed by atoms with Gasteiger partial charge in [0.1, 0.15) is 5.54 Å². The zero-order chi connectivity index (χ0) is 24.3. The molecule has 1 saturated carbocycles. The molecule has 1 aliphatic heterocycles. The summed E-state index contributed by atoms with van der Waals surface area (Å²) >= 11 is 1.35. The molecule has 0 spiro atoms. The molecule has 2 aromatic rings. The number of rotatable bonds is 8. The number of aromatic nitrogens is 2. The van der Waals surface area contributed by atoms with Gasteiger partial charge in [-0.05, 0) is 52.0 Å². The normalized spacial score (nSPS) is 21.1. The highest BCUT2D eigenvalue weighted by atomic mass is 32.2. The van der Waals surface area contributed by atoms with Crippen molar-refractivity contribution in [3.63, 3.8) is 0 Å². The Kier molecular flexibility index (Phi) is 7.30. The van der Waals surface area contributed by atoms with Gasteiger partial charge in [-0.3, -0.25) is 15.0 Å². The van der Waals surface area contributed by atoms with E-state index in [2.05, 4.69) is 27.2 Å². The van der Waals surface area contributed by atoms with Crippen LogP contribution in [0.3, 0.4) is 0 Å². The highest BCUT2D eigenvalue weighted by molar-refractivity contribution is 7.99. The molecule has 4 amide bonds. The van der Waals surface area contributed by atoms with Crippen molar-refractivity contribution in [2.24, 2.45) is 0 Å². The first-order valence-corrected chi connectivity index (χ1v) is 13.0. The van der Waals surface area contributed by atoms with Gasteiger partial charge >= 0.3 is 6.03 Å². The maximum absolute atomic E-state index is 13.0. The van der Waals surface area contributed by atoms with Gasteiger partial charge in [0.25, 0.3) is 5.91 Å². The third-order valence-electron chi connectivity index (χ3n) is 6.88. The second-order valence-electron chi connectivity index (χ2n) is 9.44. The molecular formula is C25H33N5O3S. The topological polar surface area (TPSA) is 96.3 Å². The van der Waals surface area contributed by atoms with Gasteiger partial charge in [0.05, 0.1) is 11.4 Å².